The van der Waals surface area contributed by atoms with Crippen LogP contribution in [0, 0.1) is 17.5 Å². The third kappa shape index (κ3) is 2.10. The third-order valence-corrected chi connectivity index (χ3v) is 2.00. The van der Waals surface area contributed by atoms with E-state index in [1.807, 2.05) is 15.4 Å². The van der Waals surface area contributed by atoms with Gasteiger partial charge < -0.3 is 5.32 Å². The summed E-state index contributed by atoms with van der Waals surface area (Å²) in [7, 11) is 0. The maximum absolute atomic E-state index is 13.2. The zero-order valence-electron chi connectivity index (χ0n) is 8.55. The van der Waals surface area contributed by atoms with Crippen LogP contribution in [-0.2, 0) is 0 Å². The number of aromatic amines is 2. The molecule has 1 aromatic carbocycles. The fraction of sp³-hybridized carbons (Fsp3) is 0. The SMILES string of the molecule is O=C(Nc1ccc(F)c(F)c1F)c1n[nH]c(=O)[nH]1. The van der Waals surface area contributed by atoms with Gasteiger partial charge in [-0.05, 0) is 12.1 Å². The van der Waals surface area contributed by atoms with Crippen molar-refractivity contribution >= 4 is 11.6 Å². The molecular formula is C9H5F3N4O2. The average Bonchev–Trinajstić information content (AvgIpc) is 2.77. The Balaban J connectivity index is 2.27. The van der Waals surface area contributed by atoms with Crippen molar-refractivity contribution in [3.05, 3.63) is 45.9 Å². The molecule has 18 heavy (non-hydrogen) atoms. The topological polar surface area (TPSA) is 90.6 Å². The molecule has 2 aromatic rings. The quantitative estimate of drug-likeness (QED) is 0.695. The summed E-state index contributed by atoms with van der Waals surface area (Å²) in [5, 5.41) is 7.14. The van der Waals surface area contributed by atoms with Gasteiger partial charge in [0.05, 0.1) is 5.69 Å². The monoisotopic (exact) mass is 258 g/mol. The van der Waals surface area contributed by atoms with E-state index >= 15 is 0 Å². The zero-order chi connectivity index (χ0) is 13.3. The van der Waals surface area contributed by atoms with Gasteiger partial charge in [-0.2, -0.15) is 0 Å². The Hall–Kier alpha value is -2.58. The summed E-state index contributed by atoms with van der Waals surface area (Å²) in [6.45, 7) is 0. The fourth-order valence-corrected chi connectivity index (χ4v) is 1.18. The standard InChI is InChI=1S/C9H5F3N4O2/c10-3-1-2-4(6(12)5(3)11)13-8(17)7-14-9(18)16-15-7/h1-2H,(H,13,17)(H2,14,15,16,18). The highest BCUT2D eigenvalue weighted by Gasteiger charge is 2.17. The Morgan fingerprint density at radius 2 is 1.94 bits per heavy atom. The second-order valence-electron chi connectivity index (χ2n) is 3.20. The van der Waals surface area contributed by atoms with Gasteiger partial charge in [0.2, 0.25) is 5.82 Å². The van der Waals surface area contributed by atoms with E-state index in [1.54, 1.807) is 0 Å². The maximum Gasteiger partial charge on any atom is 0.341 e. The summed E-state index contributed by atoms with van der Waals surface area (Å²) in [6.07, 6.45) is 0. The zero-order valence-corrected chi connectivity index (χ0v) is 8.55. The number of hydrogen-bond donors (Lipinski definition) is 3. The number of anilines is 1. The van der Waals surface area contributed by atoms with Crippen molar-refractivity contribution in [2.75, 3.05) is 5.32 Å². The first-order valence-electron chi connectivity index (χ1n) is 4.58. The van der Waals surface area contributed by atoms with Crippen LogP contribution in [0.5, 0.6) is 0 Å². The summed E-state index contributed by atoms with van der Waals surface area (Å²) in [5.74, 6) is -6.01. The molecule has 1 aromatic heterocycles. The van der Waals surface area contributed by atoms with Gasteiger partial charge in [0.15, 0.2) is 17.5 Å². The normalized spacial score (nSPS) is 10.4. The highest BCUT2D eigenvalue weighted by Crippen LogP contribution is 2.19. The van der Waals surface area contributed by atoms with Crippen molar-refractivity contribution in [1.29, 1.82) is 0 Å². The lowest BCUT2D eigenvalue weighted by atomic mass is 10.2. The number of H-pyrrole nitrogens is 2. The van der Waals surface area contributed by atoms with Gasteiger partial charge in [-0.3, -0.25) is 9.78 Å². The number of nitrogens with one attached hydrogen (secondary N) is 3. The number of halogens is 3. The number of carbonyl (C=O) groups is 1. The van der Waals surface area contributed by atoms with Crippen LogP contribution >= 0.6 is 0 Å². The molecule has 94 valence electrons. The van der Waals surface area contributed by atoms with E-state index in [0.29, 0.717) is 6.07 Å². The van der Waals surface area contributed by atoms with Gasteiger partial charge in [0.25, 0.3) is 5.91 Å². The molecule has 0 unspecified atom stereocenters. The fourth-order valence-electron chi connectivity index (χ4n) is 1.18. The summed E-state index contributed by atoms with van der Waals surface area (Å²) in [4.78, 5) is 24.1. The number of amides is 1. The minimum absolute atomic E-state index is 0.413. The van der Waals surface area contributed by atoms with Crippen LogP contribution in [0.2, 0.25) is 0 Å². The Kier molecular flexibility index (Phi) is 2.88. The third-order valence-electron chi connectivity index (χ3n) is 2.00. The van der Waals surface area contributed by atoms with Crippen molar-refractivity contribution in [2.45, 2.75) is 0 Å². The van der Waals surface area contributed by atoms with Crippen molar-refractivity contribution in [3.8, 4) is 0 Å². The molecule has 1 amide bonds. The predicted molar refractivity (Wildman–Crippen MR) is 53.5 cm³/mol. The van der Waals surface area contributed by atoms with Gasteiger partial charge in [-0.25, -0.2) is 23.1 Å². The van der Waals surface area contributed by atoms with Crippen LogP contribution in [-0.4, -0.2) is 21.1 Å². The average molecular weight is 258 g/mol. The molecule has 0 atom stereocenters. The number of rotatable bonds is 2. The van der Waals surface area contributed by atoms with Crippen molar-refractivity contribution in [1.82, 2.24) is 15.2 Å². The van der Waals surface area contributed by atoms with E-state index < -0.39 is 40.6 Å². The molecule has 0 saturated carbocycles. The number of nitrogens with zero attached hydrogens (tertiary/aromatic N) is 1. The molecule has 0 aliphatic heterocycles. The molecule has 9 heteroatoms. The molecule has 0 bridgehead atoms. The molecule has 1 heterocycles. The lowest BCUT2D eigenvalue weighted by Crippen LogP contribution is -2.16. The molecule has 0 aliphatic carbocycles. The van der Waals surface area contributed by atoms with Gasteiger partial charge in [0, 0.05) is 0 Å². The number of carbonyl (C=O) groups excluding carboxylic acids is 1. The predicted octanol–water partition coefficient (Wildman–Crippen LogP) is 0.768. The molecule has 0 aliphatic rings. The first-order chi connectivity index (χ1) is 8.49. The molecule has 6 nitrogen and oxygen atoms in total. The lowest BCUT2D eigenvalue weighted by Gasteiger charge is -2.05. The van der Waals surface area contributed by atoms with Crippen LogP contribution in [0.1, 0.15) is 10.6 Å². The highest BCUT2D eigenvalue weighted by atomic mass is 19.2. The number of benzene rings is 1. The summed E-state index contributed by atoms with van der Waals surface area (Å²) in [6, 6.07) is 1.50. The van der Waals surface area contributed by atoms with E-state index in [1.165, 1.54) is 0 Å². The minimum atomic E-state index is -1.71. The molecular weight excluding hydrogens is 253 g/mol. The van der Waals surface area contributed by atoms with E-state index in [-0.39, 0.29) is 0 Å². The second-order valence-corrected chi connectivity index (χ2v) is 3.20. The Morgan fingerprint density at radius 1 is 1.22 bits per heavy atom. The van der Waals surface area contributed by atoms with E-state index in [4.69, 9.17) is 0 Å². The van der Waals surface area contributed by atoms with Crippen LogP contribution in [0.15, 0.2) is 16.9 Å². The molecule has 2 rings (SSSR count). The van der Waals surface area contributed by atoms with Crippen LogP contribution in [0.3, 0.4) is 0 Å². The van der Waals surface area contributed by atoms with E-state index in [2.05, 4.69) is 5.10 Å². The first kappa shape index (κ1) is 11.9. The minimum Gasteiger partial charge on any atom is -0.317 e. The first-order valence-corrected chi connectivity index (χ1v) is 4.58. The number of aromatic nitrogens is 3. The van der Waals surface area contributed by atoms with Crippen LogP contribution in [0.25, 0.3) is 0 Å². The Morgan fingerprint density at radius 3 is 2.56 bits per heavy atom. The van der Waals surface area contributed by atoms with Gasteiger partial charge in [-0.1, -0.05) is 0 Å². The Bertz CT molecular complexity index is 664. The van der Waals surface area contributed by atoms with Crippen molar-refractivity contribution in [2.24, 2.45) is 0 Å². The number of hydrogen-bond acceptors (Lipinski definition) is 3. The maximum atomic E-state index is 13.2. The van der Waals surface area contributed by atoms with Gasteiger partial charge in [-0.15, -0.1) is 5.10 Å². The highest BCUT2D eigenvalue weighted by molar-refractivity contribution is 6.01. The summed E-state index contributed by atoms with van der Waals surface area (Å²) >= 11 is 0. The lowest BCUT2D eigenvalue weighted by molar-refractivity contribution is 0.101. The Labute approximate surface area is 96.8 Å². The van der Waals surface area contributed by atoms with Crippen molar-refractivity contribution < 1.29 is 18.0 Å². The van der Waals surface area contributed by atoms with E-state index in [9.17, 15) is 22.8 Å². The largest absolute Gasteiger partial charge is 0.341 e. The van der Waals surface area contributed by atoms with Crippen LogP contribution < -0.4 is 11.0 Å². The molecule has 0 fully saturated rings. The summed E-state index contributed by atoms with van der Waals surface area (Å²) < 4.78 is 38.7. The van der Waals surface area contributed by atoms with Gasteiger partial charge in [0.1, 0.15) is 0 Å². The van der Waals surface area contributed by atoms with E-state index in [0.717, 1.165) is 6.07 Å². The molecule has 3 N–H and O–H groups in total. The van der Waals surface area contributed by atoms with Crippen LogP contribution in [0.4, 0.5) is 18.9 Å². The second kappa shape index (κ2) is 4.35. The molecule has 0 radical (unpaired) electrons. The molecule has 0 spiro atoms. The van der Waals surface area contributed by atoms with Crippen molar-refractivity contribution in [3.63, 3.8) is 0 Å². The summed E-state index contributed by atoms with van der Waals surface area (Å²) in [5.41, 5.74) is -1.30. The smallest absolute Gasteiger partial charge is 0.317 e. The molecule has 0 saturated heterocycles. The van der Waals surface area contributed by atoms with Gasteiger partial charge >= 0.3 is 5.69 Å².